The van der Waals surface area contributed by atoms with Gasteiger partial charge in [0.25, 0.3) is 0 Å². The van der Waals surface area contributed by atoms with Gasteiger partial charge in [0.2, 0.25) is 11.8 Å². The molecule has 2 amide bonds. The molecule has 1 atom stereocenters. The van der Waals surface area contributed by atoms with Gasteiger partial charge in [0.1, 0.15) is 5.75 Å². The summed E-state index contributed by atoms with van der Waals surface area (Å²) >= 11 is 3.15. The Morgan fingerprint density at radius 2 is 2.18 bits per heavy atom. The minimum atomic E-state index is -0.00486. The highest BCUT2D eigenvalue weighted by molar-refractivity contribution is 8.01. The van der Waals surface area contributed by atoms with Gasteiger partial charge in [-0.15, -0.1) is 0 Å². The largest absolute Gasteiger partial charge is 0.496 e. The first-order valence-electron chi connectivity index (χ1n) is 11.1. The molecule has 4 rings (SSSR count). The maximum absolute atomic E-state index is 12.0. The van der Waals surface area contributed by atoms with E-state index in [1.165, 1.54) is 17.4 Å². The Morgan fingerprint density at radius 1 is 1.39 bits per heavy atom. The van der Waals surface area contributed by atoms with E-state index in [9.17, 15) is 9.59 Å². The molecule has 1 aromatic carbocycles. The number of aromatic nitrogens is 1. The summed E-state index contributed by atoms with van der Waals surface area (Å²) in [6.07, 6.45) is 6.10. The number of likely N-dealkylation sites (tertiary alicyclic amines) is 1. The molecule has 33 heavy (non-hydrogen) atoms. The Bertz CT molecular complexity index is 1050. The van der Waals surface area contributed by atoms with E-state index in [2.05, 4.69) is 47.9 Å². The Balaban J connectivity index is 1.44. The Morgan fingerprint density at radius 3 is 2.88 bits per heavy atom. The molecule has 2 aromatic rings. The number of anilines is 1. The first-order chi connectivity index (χ1) is 15.9. The fourth-order valence-corrected chi connectivity index (χ4v) is 5.95. The molecule has 1 saturated carbocycles. The second kappa shape index (κ2) is 10.3. The quantitative estimate of drug-likeness (QED) is 0.536. The van der Waals surface area contributed by atoms with Gasteiger partial charge < -0.3 is 15.0 Å². The summed E-state index contributed by atoms with van der Waals surface area (Å²) in [7, 11) is 3.79. The number of carbonyl (C=O) groups is 2. The van der Waals surface area contributed by atoms with Crippen molar-refractivity contribution in [1.82, 2.24) is 14.8 Å². The van der Waals surface area contributed by atoms with Crippen LogP contribution in [0.5, 0.6) is 5.75 Å². The summed E-state index contributed by atoms with van der Waals surface area (Å²) in [4.78, 5) is 33.6. The molecule has 2 aliphatic rings. The number of benzene rings is 1. The zero-order valence-electron chi connectivity index (χ0n) is 19.3. The van der Waals surface area contributed by atoms with Crippen molar-refractivity contribution in [2.45, 2.75) is 47.9 Å². The molecule has 0 radical (unpaired) electrons. The smallest absolute Gasteiger partial charge is 0.246 e. The van der Waals surface area contributed by atoms with Crippen LogP contribution in [0.4, 0.5) is 5.13 Å². The molecular weight excluding hydrogens is 456 g/mol. The molecule has 176 valence electrons. The molecule has 2 fully saturated rings. The molecule has 1 aliphatic carbocycles. The molecule has 9 heteroatoms. The average Bonchev–Trinajstić information content (AvgIpc) is 3.38. The van der Waals surface area contributed by atoms with Crippen molar-refractivity contribution in [2.24, 2.45) is 5.92 Å². The van der Waals surface area contributed by atoms with Crippen molar-refractivity contribution in [1.29, 1.82) is 0 Å². The third-order valence-electron chi connectivity index (χ3n) is 6.14. The number of carbonyl (C=O) groups excluding carboxylic acids is 2. The van der Waals surface area contributed by atoms with E-state index in [-0.39, 0.29) is 17.7 Å². The maximum atomic E-state index is 12.0. The summed E-state index contributed by atoms with van der Waals surface area (Å²) in [5.41, 5.74) is 2.23. The van der Waals surface area contributed by atoms with Crippen molar-refractivity contribution < 1.29 is 14.3 Å². The summed E-state index contributed by atoms with van der Waals surface area (Å²) in [6.45, 7) is 7.87. The average molecular weight is 487 g/mol. The second-order valence-electron chi connectivity index (χ2n) is 8.63. The highest BCUT2D eigenvalue weighted by atomic mass is 32.2. The second-order valence-corrected chi connectivity index (χ2v) is 11.0. The number of methoxy groups -OCH3 is 1. The van der Waals surface area contributed by atoms with E-state index in [1.807, 2.05) is 11.1 Å². The van der Waals surface area contributed by atoms with Crippen molar-refractivity contribution in [3.05, 3.63) is 42.1 Å². The van der Waals surface area contributed by atoms with Crippen LogP contribution >= 0.6 is 23.1 Å². The highest BCUT2D eigenvalue weighted by Gasteiger charge is 2.30. The third kappa shape index (κ3) is 5.77. The van der Waals surface area contributed by atoms with Crippen LogP contribution in [0.15, 0.2) is 40.1 Å². The zero-order chi connectivity index (χ0) is 23.5. The summed E-state index contributed by atoms with van der Waals surface area (Å²) < 4.78 is 6.71. The number of rotatable bonds is 9. The number of nitrogens with one attached hydrogen (secondary N) is 1. The van der Waals surface area contributed by atoms with E-state index in [1.54, 1.807) is 18.9 Å². The lowest BCUT2D eigenvalue weighted by Gasteiger charge is -2.25. The number of amides is 2. The Labute approximate surface area is 203 Å². The summed E-state index contributed by atoms with van der Waals surface area (Å²) in [5.74, 6) is 1.10. The number of thiazole rings is 1. The summed E-state index contributed by atoms with van der Waals surface area (Å²) in [6, 6.07) is 4.55. The number of aryl methyl sites for hydroxylation is 1. The third-order valence-corrected chi connectivity index (χ3v) is 8.32. The van der Waals surface area contributed by atoms with E-state index in [4.69, 9.17) is 4.74 Å². The zero-order valence-corrected chi connectivity index (χ0v) is 20.9. The number of hydrogen-bond acceptors (Lipinski definition) is 7. The molecule has 1 N–H and O–H groups in total. The van der Waals surface area contributed by atoms with Crippen LogP contribution in [0.3, 0.4) is 0 Å². The molecule has 1 aliphatic heterocycles. The van der Waals surface area contributed by atoms with E-state index < -0.39 is 0 Å². The predicted octanol–water partition coefficient (Wildman–Crippen LogP) is 4.18. The van der Waals surface area contributed by atoms with Gasteiger partial charge in [-0.1, -0.05) is 29.7 Å². The minimum Gasteiger partial charge on any atom is -0.496 e. The molecular formula is C24H30N4O3S2. The monoisotopic (exact) mass is 486 g/mol. The van der Waals surface area contributed by atoms with Crippen molar-refractivity contribution >= 4 is 40.0 Å². The van der Waals surface area contributed by atoms with Gasteiger partial charge in [0.15, 0.2) is 5.13 Å². The van der Waals surface area contributed by atoms with Gasteiger partial charge in [-0.25, -0.2) is 4.98 Å². The molecule has 0 spiro atoms. The Kier molecular flexibility index (Phi) is 7.41. The number of likely N-dealkylation sites (N-methyl/N-ethyl adjacent to an activating group) is 1. The molecule has 1 saturated heterocycles. The molecule has 2 heterocycles. The number of ether oxygens (including phenoxy) is 1. The fourth-order valence-electron chi connectivity index (χ4n) is 3.98. The van der Waals surface area contributed by atoms with Crippen LogP contribution in [0.1, 0.15) is 30.4 Å². The lowest BCUT2D eigenvalue weighted by Crippen LogP contribution is -2.35. The highest BCUT2D eigenvalue weighted by Crippen LogP contribution is 2.39. The van der Waals surface area contributed by atoms with E-state index >= 15 is 0 Å². The fraction of sp³-hybridized carbons (Fsp3) is 0.458. The minimum absolute atomic E-state index is 0.00486. The van der Waals surface area contributed by atoms with Crippen molar-refractivity contribution in [3.8, 4) is 5.75 Å². The Hall–Kier alpha value is -2.36. The lowest BCUT2D eigenvalue weighted by atomic mass is 10.1. The maximum Gasteiger partial charge on any atom is 0.246 e. The molecule has 7 nitrogen and oxygen atoms in total. The standard InChI is InChI=1S/C24H30N4O3S2/c1-5-21(29)28-9-8-18(14-28)27(3)13-17-11-20(15(2)10-19(17)31-4)32-22-12-25-24(33-22)26-23(30)16-6-7-16/h5,10-12,16,18H,1,6-9,13-14H2,2-4H3,(H,25,26,30)/t18-/m1/s1. The van der Waals surface area contributed by atoms with Crippen molar-refractivity contribution in [3.63, 3.8) is 0 Å². The van der Waals surface area contributed by atoms with Gasteiger partial charge in [-0.2, -0.15) is 0 Å². The van der Waals surface area contributed by atoms with Gasteiger partial charge in [-0.05, 0) is 57.0 Å². The van der Waals surface area contributed by atoms with Crippen molar-refractivity contribution in [2.75, 3.05) is 32.6 Å². The topological polar surface area (TPSA) is 74.8 Å². The van der Waals surface area contributed by atoms with Gasteiger partial charge in [0, 0.05) is 42.1 Å². The van der Waals surface area contributed by atoms with E-state index in [0.717, 1.165) is 58.3 Å². The van der Waals surface area contributed by atoms with Crippen LogP contribution in [0.2, 0.25) is 0 Å². The number of hydrogen-bond donors (Lipinski definition) is 1. The SMILES string of the molecule is C=CC(=O)N1CC[C@@H](N(C)Cc2cc(Sc3cnc(NC(=O)C4CC4)s3)c(C)cc2OC)C1. The summed E-state index contributed by atoms with van der Waals surface area (Å²) in [5, 5.41) is 3.57. The van der Waals surface area contributed by atoms with Gasteiger partial charge in [0.05, 0.1) is 17.5 Å². The number of nitrogens with zero attached hydrogens (tertiary/aromatic N) is 3. The molecule has 0 bridgehead atoms. The first-order valence-corrected chi connectivity index (χ1v) is 12.7. The van der Waals surface area contributed by atoms with Crippen LogP contribution < -0.4 is 10.1 Å². The first kappa shape index (κ1) is 23.8. The van der Waals surface area contributed by atoms with Gasteiger partial charge in [-0.3, -0.25) is 14.5 Å². The van der Waals surface area contributed by atoms with Crippen LogP contribution in [0, 0.1) is 12.8 Å². The predicted molar refractivity (Wildman–Crippen MR) is 132 cm³/mol. The van der Waals surface area contributed by atoms with E-state index in [0.29, 0.717) is 17.7 Å². The molecule has 0 unspecified atom stereocenters. The van der Waals surface area contributed by atoms with Crippen LogP contribution in [-0.2, 0) is 16.1 Å². The van der Waals surface area contributed by atoms with Crippen LogP contribution in [0.25, 0.3) is 0 Å². The van der Waals surface area contributed by atoms with Gasteiger partial charge >= 0.3 is 0 Å². The molecule has 1 aromatic heterocycles. The van der Waals surface area contributed by atoms with Crippen LogP contribution in [-0.4, -0.2) is 59.9 Å². The normalized spacial score (nSPS) is 17.9. The lowest BCUT2D eigenvalue weighted by molar-refractivity contribution is -0.125.